The molecule has 1 spiro atoms. The minimum atomic E-state index is -4.87. The smallest absolute Gasteiger partial charge is 0.419 e. The molecule has 12 heteroatoms. The van der Waals surface area contributed by atoms with Crippen LogP contribution in [-0.4, -0.2) is 46.6 Å². The van der Waals surface area contributed by atoms with Crippen LogP contribution < -0.4 is 19.9 Å². The maximum absolute atomic E-state index is 13.5. The molecular weight excluding hydrogens is 465 g/mol. The van der Waals surface area contributed by atoms with Gasteiger partial charge in [-0.15, -0.1) is 0 Å². The predicted octanol–water partition coefficient (Wildman–Crippen LogP) is 3.39. The summed E-state index contributed by atoms with van der Waals surface area (Å²) in [5, 5.41) is 12.2. The van der Waals surface area contributed by atoms with Gasteiger partial charge in [-0.1, -0.05) is 0 Å². The topological polar surface area (TPSA) is 111 Å². The average molecular weight is 486 g/mol. The summed E-state index contributed by atoms with van der Waals surface area (Å²) in [5.41, 5.74) is -3.31. The fourth-order valence-corrected chi connectivity index (χ4v) is 4.75. The molecule has 3 amide bonds. The predicted molar refractivity (Wildman–Crippen MR) is 117 cm³/mol. The monoisotopic (exact) mass is 486 g/mol. The van der Waals surface area contributed by atoms with Crippen molar-refractivity contribution in [3.63, 3.8) is 0 Å². The lowest BCUT2D eigenvalue weighted by molar-refractivity contribution is -0.138. The Bertz CT molecular complexity index is 1200. The van der Waals surface area contributed by atoms with Gasteiger partial charge in [-0.3, -0.25) is 9.69 Å². The molecule has 0 aromatic carbocycles. The van der Waals surface area contributed by atoms with Crippen LogP contribution in [0.4, 0.5) is 29.3 Å². The van der Waals surface area contributed by atoms with E-state index < -0.39 is 34.9 Å². The summed E-state index contributed by atoms with van der Waals surface area (Å²) in [6, 6.07) is 4.47. The van der Waals surface area contributed by atoms with Crippen LogP contribution in [0.25, 0.3) is 0 Å². The standard InChI is InChI=1S/C23H21F3N6O3/c24-23(25,26)17-10-15(13-29-18(17)11-27)31-20(33)22(6-1-7-22)32(21(31)34)14-2-3-19(30-12-14)35-16-4-8-28-9-5-16/h2-3,10,12-13,16,28H,1,4-9H2. The van der Waals surface area contributed by atoms with Crippen molar-refractivity contribution >= 4 is 23.3 Å². The van der Waals surface area contributed by atoms with Gasteiger partial charge >= 0.3 is 12.2 Å². The lowest BCUT2D eigenvalue weighted by Crippen LogP contribution is -2.55. The van der Waals surface area contributed by atoms with Crippen molar-refractivity contribution in [1.29, 1.82) is 5.26 Å². The summed E-state index contributed by atoms with van der Waals surface area (Å²) in [7, 11) is 0. The van der Waals surface area contributed by atoms with E-state index in [4.69, 9.17) is 10.00 Å². The number of nitrogens with one attached hydrogen (secondary N) is 1. The zero-order chi connectivity index (χ0) is 24.8. The number of aromatic nitrogens is 2. The van der Waals surface area contributed by atoms with Crippen LogP contribution in [0.5, 0.6) is 5.88 Å². The first-order valence-electron chi connectivity index (χ1n) is 11.2. The molecule has 1 N–H and O–H groups in total. The van der Waals surface area contributed by atoms with E-state index in [9.17, 15) is 22.8 Å². The fourth-order valence-electron chi connectivity index (χ4n) is 4.75. The number of rotatable bonds is 4. The Balaban J connectivity index is 1.46. The molecule has 1 saturated carbocycles. The highest BCUT2D eigenvalue weighted by molar-refractivity contribution is 6.30. The first-order chi connectivity index (χ1) is 16.7. The van der Waals surface area contributed by atoms with Gasteiger partial charge < -0.3 is 10.1 Å². The molecule has 2 saturated heterocycles. The number of hydrogen-bond acceptors (Lipinski definition) is 7. The number of carbonyl (C=O) groups excluding carboxylic acids is 2. The molecule has 0 bridgehead atoms. The summed E-state index contributed by atoms with van der Waals surface area (Å²) in [6.45, 7) is 1.71. The summed E-state index contributed by atoms with van der Waals surface area (Å²) in [5.74, 6) is -0.229. The molecule has 3 fully saturated rings. The molecule has 35 heavy (non-hydrogen) atoms. The molecule has 3 aliphatic rings. The zero-order valence-corrected chi connectivity index (χ0v) is 18.5. The number of alkyl halides is 3. The number of piperidine rings is 1. The molecule has 9 nitrogen and oxygen atoms in total. The van der Waals surface area contributed by atoms with Crippen LogP contribution >= 0.6 is 0 Å². The maximum atomic E-state index is 13.5. The quantitative estimate of drug-likeness (QED) is 0.660. The molecule has 2 aromatic heterocycles. The second kappa shape index (κ2) is 8.49. The highest BCUT2D eigenvalue weighted by Gasteiger charge is 2.61. The lowest BCUT2D eigenvalue weighted by atomic mass is 9.75. The van der Waals surface area contributed by atoms with Gasteiger partial charge in [0.15, 0.2) is 5.69 Å². The minimum absolute atomic E-state index is 0.0322. The SMILES string of the molecule is N#Cc1ncc(N2C(=O)N(c3ccc(OC4CCNCC4)nc3)C3(CCC3)C2=O)cc1C(F)(F)F. The lowest BCUT2D eigenvalue weighted by Gasteiger charge is -2.41. The molecule has 182 valence electrons. The zero-order valence-electron chi connectivity index (χ0n) is 18.5. The number of halogens is 3. The summed E-state index contributed by atoms with van der Waals surface area (Å²) in [4.78, 5) is 36.7. The van der Waals surface area contributed by atoms with Crippen LogP contribution in [-0.2, 0) is 11.0 Å². The van der Waals surface area contributed by atoms with E-state index in [0.29, 0.717) is 41.8 Å². The van der Waals surface area contributed by atoms with Gasteiger partial charge in [0.25, 0.3) is 5.91 Å². The first kappa shape index (κ1) is 23.0. The molecule has 2 aliphatic heterocycles. The van der Waals surface area contributed by atoms with E-state index in [2.05, 4.69) is 15.3 Å². The first-order valence-corrected chi connectivity index (χ1v) is 11.2. The number of nitrogens with zero attached hydrogens (tertiary/aromatic N) is 5. The Morgan fingerprint density at radius 2 is 1.83 bits per heavy atom. The van der Waals surface area contributed by atoms with Gasteiger partial charge in [0, 0.05) is 6.07 Å². The third-order valence-corrected chi connectivity index (χ3v) is 6.69. The normalized spacial score (nSPS) is 20.2. The Morgan fingerprint density at radius 1 is 1.11 bits per heavy atom. The Morgan fingerprint density at radius 3 is 2.40 bits per heavy atom. The highest BCUT2D eigenvalue weighted by Crippen LogP contribution is 2.48. The number of pyridine rings is 2. The van der Waals surface area contributed by atoms with E-state index in [1.807, 2.05) is 0 Å². The van der Waals surface area contributed by atoms with Gasteiger partial charge in [-0.2, -0.15) is 18.4 Å². The van der Waals surface area contributed by atoms with Crippen molar-refractivity contribution in [2.75, 3.05) is 22.9 Å². The largest absolute Gasteiger partial charge is 0.474 e. The number of urea groups is 1. The van der Waals surface area contributed by atoms with Crippen molar-refractivity contribution in [2.45, 2.75) is 49.9 Å². The number of amides is 3. The van der Waals surface area contributed by atoms with Crippen LogP contribution in [0.15, 0.2) is 30.6 Å². The summed E-state index contributed by atoms with van der Waals surface area (Å²) in [6.07, 6.45) is 0.656. The van der Waals surface area contributed by atoms with Gasteiger partial charge in [-0.25, -0.2) is 19.7 Å². The van der Waals surface area contributed by atoms with E-state index in [1.165, 1.54) is 17.2 Å². The molecule has 4 heterocycles. The van der Waals surface area contributed by atoms with Crippen LogP contribution in [0, 0.1) is 11.3 Å². The number of imide groups is 1. The van der Waals surface area contributed by atoms with E-state index >= 15 is 0 Å². The maximum Gasteiger partial charge on any atom is 0.419 e. The Hall–Kier alpha value is -3.72. The van der Waals surface area contributed by atoms with Gasteiger partial charge in [-0.05, 0) is 57.3 Å². The third kappa shape index (κ3) is 3.85. The van der Waals surface area contributed by atoms with Crippen molar-refractivity contribution in [3.05, 3.63) is 41.9 Å². The molecule has 1 aliphatic carbocycles. The second-order valence-electron chi connectivity index (χ2n) is 8.76. The highest BCUT2D eigenvalue weighted by atomic mass is 19.4. The number of anilines is 2. The molecule has 0 unspecified atom stereocenters. The van der Waals surface area contributed by atoms with E-state index in [-0.39, 0.29) is 11.8 Å². The van der Waals surface area contributed by atoms with Crippen molar-refractivity contribution in [1.82, 2.24) is 15.3 Å². The fraction of sp³-hybridized carbons (Fsp3) is 0.435. The van der Waals surface area contributed by atoms with Crippen molar-refractivity contribution in [2.24, 2.45) is 0 Å². The molecule has 0 radical (unpaired) electrons. The van der Waals surface area contributed by atoms with Crippen LogP contribution in [0.2, 0.25) is 0 Å². The minimum Gasteiger partial charge on any atom is -0.474 e. The van der Waals surface area contributed by atoms with Gasteiger partial charge in [0.1, 0.15) is 17.7 Å². The average Bonchev–Trinajstić information content (AvgIpc) is 3.06. The van der Waals surface area contributed by atoms with Crippen LogP contribution in [0.3, 0.4) is 0 Å². The molecule has 0 atom stereocenters. The second-order valence-corrected chi connectivity index (χ2v) is 8.76. The van der Waals surface area contributed by atoms with E-state index in [1.54, 1.807) is 12.1 Å². The van der Waals surface area contributed by atoms with Crippen molar-refractivity contribution in [3.8, 4) is 11.9 Å². The number of hydrogen-bond donors (Lipinski definition) is 1. The van der Waals surface area contributed by atoms with Crippen molar-refractivity contribution < 1.29 is 27.5 Å². The third-order valence-electron chi connectivity index (χ3n) is 6.69. The number of nitriles is 1. The van der Waals surface area contributed by atoms with Crippen LogP contribution in [0.1, 0.15) is 43.4 Å². The number of carbonyl (C=O) groups is 2. The Labute approximate surface area is 198 Å². The summed E-state index contributed by atoms with van der Waals surface area (Å²) < 4.78 is 46.3. The van der Waals surface area contributed by atoms with Gasteiger partial charge in [0.2, 0.25) is 5.88 Å². The number of ether oxygens (including phenoxy) is 1. The Kier molecular flexibility index (Phi) is 5.59. The van der Waals surface area contributed by atoms with E-state index in [0.717, 1.165) is 32.1 Å². The summed E-state index contributed by atoms with van der Waals surface area (Å²) >= 11 is 0. The molecular formula is C23H21F3N6O3. The molecule has 2 aromatic rings. The van der Waals surface area contributed by atoms with Gasteiger partial charge in [0.05, 0.1) is 29.3 Å². The molecule has 5 rings (SSSR count).